The molecule has 0 radical (unpaired) electrons. The van der Waals surface area contributed by atoms with E-state index in [1.807, 2.05) is 36.6 Å². The van der Waals surface area contributed by atoms with Crippen LogP contribution in [0.15, 0.2) is 47.8 Å². The number of methoxy groups -OCH3 is 2. The van der Waals surface area contributed by atoms with Crippen LogP contribution in [0.5, 0.6) is 11.5 Å². The lowest BCUT2D eigenvalue weighted by molar-refractivity contribution is 0.262. The molecule has 6 nitrogen and oxygen atoms in total. The fraction of sp³-hybridized carbons (Fsp3) is 0.158. The summed E-state index contributed by atoms with van der Waals surface area (Å²) in [4.78, 5) is 16.7. The predicted molar refractivity (Wildman–Crippen MR) is 104 cm³/mol. The van der Waals surface area contributed by atoms with Gasteiger partial charge in [0, 0.05) is 17.0 Å². The number of thiazole rings is 1. The molecule has 3 aromatic rings. The van der Waals surface area contributed by atoms with Crippen molar-refractivity contribution in [2.75, 3.05) is 24.9 Å². The van der Waals surface area contributed by atoms with Crippen molar-refractivity contribution in [2.45, 2.75) is 6.92 Å². The number of hydrogen-bond donors (Lipinski definition) is 2. The number of nitrogens with one attached hydrogen (secondary N) is 2. The Morgan fingerprint density at radius 1 is 1.04 bits per heavy atom. The Labute approximate surface area is 155 Å². The number of carbonyl (C=O) groups excluding carboxylic acids is 1. The van der Waals surface area contributed by atoms with Gasteiger partial charge in [-0.1, -0.05) is 29.8 Å². The normalized spacial score (nSPS) is 10.3. The van der Waals surface area contributed by atoms with Crippen LogP contribution in [0.25, 0.3) is 11.3 Å². The Morgan fingerprint density at radius 2 is 1.81 bits per heavy atom. The standard InChI is InChI=1S/C19H19N3O3S/c1-12-4-6-13(7-5-12)16-11-26-19(21-16)22-18(23)20-15-9-8-14(24-2)10-17(15)25-3/h4-11H,1-3H3,(H2,20,21,22,23). The maximum absolute atomic E-state index is 12.3. The number of benzene rings is 2. The highest BCUT2D eigenvalue weighted by atomic mass is 32.1. The molecule has 0 aliphatic rings. The maximum Gasteiger partial charge on any atom is 0.325 e. The van der Waals surface area contributed by atoms with Crippen molar-refractivity contribution in [2.24, 2.45) is 0 Å². The average molecular weight is 369 g/mol. The van der Waals surface area contributed by atoms with Crippen LogP contribution >= 0.6 is 11.3 Å². The molecule has 26 heavy (non-hydrogen) atoms. The molecule has 0 fully saturated rings. The minimum Gasteiger partial charge on any atom is -0.497 e. The Bertz CT molecular complexity index is 907. The zero-order valence-corrected chi connectivity index (χ0v) is 15.5. The summed E-state index contributed by atoms with van der Waals surface area (Å²) in [5, 5.41) is 7.93. The number of rotatable bonds is 5. The number of nitrogens with zero attached hydrogens (tertiary/aromatic N) is 1. The van der Waals surface area contributed by atoms with Crippen molar-refractivity contribution in [1.29, 1.82) is 0 Å². The van der Waals surface area contributed by atoms with Crippen LogP contribution in [0.1, 0.15) is 5.56 Å². The molecular formula is C19H19N3O3S. The largest absolute Gasteiger partial charge is 0.497 e. The fourth-order valence-electron chi connectivity index (χ4n) is 2.34. The molecule has 0 bridgehead atoms. The third-order valence-corrected chi connectivity index (χ3v) is 4.49. The van der Waals surface area contributed by atoms with Crippen molar-refractivity contribution >= 4 is 28.2 Å². The second kappa shape index (κ2) is 7.88. The van der Waals surface area contributed by atoms with Crippen LogP contribution in [-0.2, 0) is 0 Å². The molecule has 0 saturated heterocycles. The Hall–Kier alpha value is -3.06. The minimum atomic E-state index is -0.390. The lowest BCUT2D eigenvalue weighted by Crippen LogP contribution is -2.19. The molecule has 0 atom stereocenters. The van der Waals surface area contributed by atoms with Crippen molar-refractivity contribution < 1.29 is 14.3 Å². The summed E-state index contributed by atoms with van der Waals surface area (Å²) in [7, 11) is 3.11. The quantitative estimate of drug-likeness (QED) is 0.679. The lowest BCUT2D eigenvalue weighted by Gasteiger charge is -2.11. The van der Waals surface area contributed by atoms with E-state index in [4.69, 9.17) is 9.47 Å². The second-order valence-electron chi connectivity index (χ2n) is 5.55. The van der Waals surface area contributed by atoms with Gasteiger partial charge in [-0.3, -0.25) is 5.32 Å². The molecule has 2 N–H and O–H groups in total. The van der Waals surface area contributed by atoms with Crippen LogP contribution in [0.2, 0.25) is 0 Å². The number of carbonyl (C=O) groups is 1. The maximum atomic E-state index is 12.3. The molecule has 1 heterocycles. The third-order valence-electron chi connectivity index (χ3n) is 3.73. The number of amides is 2. The zero-order chi connectivity index (χ0) is 18.5. The van der Waals surface area contributed by atoms with E-state index in [0.717, 1.165) is 11.3 Å². The smallest absolute Gasteiger partial charge is 0.325 e. The summed E-state index contributed by atoms with van der Waals surface area (Å²) in [6, 6.07) is 12.9. The van der Waals surface area contributed by atoms with E-state index in [-0.39, 0.29) is 0 Å². The zero-order valence-electron chi connectivity index (χ0n) is 14.7. The Kier molecular flexibility index (Phi) is 5.38. The number of ether oxygens (including phenoxy) is 2. The lowest BCUT2D eigenvalue weighted by atomic mass is 10.1. The summed E-state index contributed by atoms with van der Waals surface area (Å²) in [6.07, 6.45) is 0. The van der Waals surface area contributed by atoms with Crippen molar-refractivity contribution in [3.8, 4) is 22.8 Å². The number of hydrogen-bond acceptors (Lipinski definition) is 5. The van der Waals surface area contributed by atoms with Gasteiger partial charge in [0.25, 0.3) is 0 Å². The van der Waals surface area contributed by atoms with E-state index in [9.17, 15) is 4.79 Å². The van der Waals surface area contributed by atoms with E-state index >= 15 is 0 Å². The molecule has 7 heteroatoms. The van der Waals surface area contributed by atoms with E-state index < -0.39 is 6.03 Å². The van der Waals surface area contributed by atoms with Gasteiger partial charge < -0.3 is 14.8 Å². The molecule has 0 spiro atoms. The van der Waals surface area contributed by atoms with Gasteiger partial charge in [-0.05, 0) is 19.1 Å². The number of urea groups is 1. The van der Waals surface area contributed by atoms with E-state index in [0.29, 0.717) is 22.3 Å². The van der Waals surface area contributed by atoms with E-state index in [1.54, 1.807) is 25.3 Å². The van der Waals surface area contributed by atoms with Crippen molar-refractivity contribution in [3.63, 3.8) is 0 Å². The van der Waals surface area contributed by atoms with Crippen LogP contribution < -0.4 is 20.1 Å². The molecule has 0 unspecified atom stereocenters. The molecule has 0 aliphatic heterocycles. The Balaban J connectivity index is 1.68. The molecular weight excluding hydrogens is 350 g/mol. The predicted octanol–water partition coefficient (Wildman–Crippen LogP) is 4.78. The first-order chi connectivity index (χ1) is 12.6. The van der Waals surface area contributed by atoms with Gasteiger partial charge in [-0.2, -0.15) is 0 Å². The number of aromatic nitrogens is 1. The van der Waals surface area contributed by atoms with Crippen LogP contribution in [0.3, 0.4) is 0 Å². The first kappa shape index (κ1) is 17.8. The number of anilines is 2. The van der Waals surface area contributed by atoms with Crippen LogP contribution in [0, 0.1) is 6.92 Å². The van der Waals surface area contributed by atoms with Gasteiger partial charge in [0.2, 0.25) is 0 Å². The summed E-state index contributed by atoms with van der Waals surface area (Å²) in [5.41, 5.74) is 3.57. The minimum absolute atomic E-state index is 0.390. The van der Waals surface area contributed by atoms with Gasteiger partial charge in [-0.25, -0.2) is 9.78 Å². The summed E-state index contributed by atoms with van der Waals surface area (Å²) in [5.74, 6) is 1.16. The molecule has 2 amide bonds. The van der Waals surface area contributed by atoms with Crippen molar-refractivity contribution in [1.82, 2.24) is 4.98 Å². The second-order valence-corrected chi connectivity index (χ2v) is 6.41. The molecule has 134 valence electrons. The Morgan fingerprint density at radius 3 is 2.50 bits per heavy atom. The van der Waals surface area contributed by atoms with Gasteiger partial charge >= 0.3 is 6.03 Å². The first-order valence-corrected chi connectivity index (χ1v) is 8.79. The molecule has 0 aliphatic carbocycles. The molecule has 3 rings (SSSR count). The highest BCUT2D eigenvalue weighted by Crippen LogP contribution is 2.29. The third kappa shape index (κ3) is 4.12. The highest BCUT2D eigenvalue weighted by molar-refractivity contribution is 7.14. The highest BCUT2D eigenvalue weighted by Gasteiger charge is 2.11. The van der Waals surface area contributed by atoms with E-state index in [1.165, 1.54) is 24.0 Å². The van der Waals surface area contributed by atoms with E-state index in [2.05, 4.69) is 15.6 Å². The summed E-state index contributed by atoms with van der Waals surface area (Å²) in [6.45, 7) is 2.04. The first-order valence-electron chi connectivity index (χ1n) is 7.91. The molecule has 2 aromatic carbocycles. The number of aryl methyl sites for hydroxylation is 1. The van der Waals surface area contributed by atoms with Gasteiger partial charge in [-0.15, -0.1) is 11.3 Å². The van der Waals surface area contributed by atoms with Crippen LogP contribution in [0.4, 0.5) is 15.6 Å². The SMILES string of the molecule is COc1ccc(NC(=O)Nc2nc(-c3ccc(C)cc3)cs2)c(OC)c1. The van der Waals surface area contributed by atoms with Gasteiger partial charge in [0.15, 0.2) is 5.13 Å². The fourth-order valence-corrected chi connectivity index (χ4v) is 3.06. The molecule has 1 aromatic heterocycles. The summed E-state index contributed by atoms with van der Waals surface area (Å²) >= 11 is 1.37. The van der Waals surface area contributed by atoms with Crippen LogP contribution in [-0.4, -0.2) is 25.2 Å². The topological polar surface area (TPSA) is 72.5 Å². The molecule has 0 saturated carbocycles. The monoisotopic (exact) mass is 369 g/mol. The summed E-state index contributed by atoms with van der Waals surface area (Å²) < 4.78 is 10.4. The van der Waals surface area contributed by atoms with Gasteiger partial charge in [0.1, 0.15) is 11.5 Å². The average Bonchev–Trinajstić information content (AvgIpc) is 3.11. The van der Waals surface area contributed by atoms with Crippen molar-refractivity contribution in [3.05, 3.63) is 53.4 Å². The van der Waals surface area contributed by atoms with Gasteiger partial charge in [0.05, 0.1) is 25.6 Å².